The fourth-order valence-electron chi connectivity index (χ4n) is 15.5. The Hall–Kier alpha value is -2.66. The maximum atomic E-state index is 12.9. The number of nitrogens with one attached hydrogen (secondary N) is 1. The molecule has 9 nitrogen and oxygen atoms in total. The number of fused-ring (bicyclic) bond motifs is 7. The SMILES string of the molecule is C=C(C)[C@@H]1CC[C@]2(NCCN3CC[S+]([O-])CC3)CC[C@]3(C)[C@H](CC[C@@H]4[C@@]5(C)CC=C(C6=CC[C@](COc7ncccc7C(=O)OC)(C(=O)O)CC6)C(C)(C)[C@@H]5CC[C@]43C)[C@@H]12. The molecule has 1 saturated heterocycles. The number of carboxylic acid groups (broad SMARTS) is 1. The van der Waals surface area contributed by atoms with E-state index in [1.165, 1.54) is 81.4 Å². The molecule has 10 atom stereocenters. The maximum absolute atomic E-state index is 12.9. The molecule has 7 aliphatic rings. The topological polar surface area (TPSA) is 124 Å². The minimum atomic E-state index is -1.10. The molecule has 1 aliphatic heterocycles. The van der Waals surface area contributed by atoms with Crippen molar-refractivity contribution < 1.29 is 28.7 Å². The second kappa shape index (κ2) is 16.2. The second-order valence-electron chi connectivity index (χ2n) is 21.7. The van der Waals surface area contributed by atoms with Gasteiger partial charge in [0.05, 0.1) is 7.11 Å². The Labute approximate surface area is 363 Å². The third-order valence-corrected chi connectivity index (χ3v) is 20.2. The van der Waals surface area contributed by atoms with Crippen LogP contribution < -0.4 is 10.1 Å². The smallest absolute Gasteiger partial charge is 0.343 e. The first kappa shape index (κ1) is 44.0. The summed E-state index contributed by atoms with van der Waals surface area (Å²) >= 11 is -0.640. The van der Waals surface area contributed by atoms with Crippen LogP contribution in [0.5, 0.6) is 5.88 Å². The van der Waals surface area contributed by atoms with E-state index in [1.54, 1.807) is 12.1 Å². The summed E-state index contributed by atoms with van der Waals surface area (Å²) in [6.07, 6.45) is 19.0. The molecule has 0 amide bonds. The Morgan fingerprint density at radius 2 is 1.75 bits per heavy atom. The monoisotopic (exact) mass is 844 g/mol. The van der Waals surface area contributed by atoms with Gasteiger partial charge < -0.3 is 24.4 Å². The van der Waals surface area contributed by atoms with Crippen molar-refractivity contribution in [1.82, 2.24) is 15.2 Å². The summed E-state index contributed by atoms with van der Waals surface area (Å²) in [7, 11) is 1.31. The zero-order valence-corrected chi connectivity index (χ0v) is 38.5. The lowest BCUT2D eigenvalue weighted by Crippen LogP contribution is -2.68. The van der Waals surface area contributed by atoms with E-state index in [1.807, 2.05) is 0 Å². The summed E-state index contributed by atoms with van der Waals surface area (Å²) in [4.78, 5) is 32.0. The summed E-state index contributed by atoms with van der Waals surface area (Å²) in [5.74, 6) is 3.38. The van der Waals surface area contributed by atoms with E-state index in [0.717, 1.165) is 44.1 Å². The van der Waals surface area contributed by atoms with Crippen molar-refractivity contribution in [2.75, 3.05) is 51.4 Å². The molecule has 2 N–H and O–H groups in total. The van der Waals surface area contributed by atoms with Crippen LogP contribution >= 0.6 is 0 Å². The quantitative estimate of drug-likeness (QED) is 0.128. The number of nitrogens with zero attached hydrogens (tertiary/aromatic N) is 2. The number of ether oxygens (including phenoxy) is 2. The number of aromatic nitrogens is 1. The van der Waals surface area contributed by atoms with Crippen LogP contribution in [0.25, 0.3) is 0 Å². The van der Waals surface area contributed by atoms with Crippen LogP contribution in [0, 0.1) is 56.7 Å². The van der Waals surface area contributed by atoms with Crippen LogP contribution in [0.2, 0.25) is 0 Å². The van der Waals surface area contributed by atoms with Gasteiger partial charge in [0.1, 0.15) is 29.1 Å². The highest BCUT2D eigenvalue weighted by Gasteiger charge is 2.70. The number of carboxylic acids is 1. The van der Waals surface area contributed by atoms with Gasteiger partial charge in [-0.1, -0.05) is 70.1 Å². The van der Waals surface area contributed by atoms with Crippen LogP contribution in [0.1, 0.15) is 129 Å². The lowest BCUT2D eigenvalue weighted by atomic mass is 9.33. The molecule has 60 heavy (non-hydrogen) atoms. The van der Waals surface area contributed by atoms with Gasteiger partial charge in [-0.2, -0.15) is 0 Å². The van der Waals surface area contributed by atoms with E-state index in [4.69, 9.17) is 9.47 Å². The van der Waals surface area contributed by atoms with Gasteiger partial charge >= 0.3 is 11.9 Å². The number of hydrogen-bond acceptors (Lipinski definition) is 8. The molecule has 2 heterocycles. The van der Waals surface area contributed by atoms with Crippen LogP contribution in [0.3, 0.4) is 0 Å². The normalized spacial score (nSPS) is 40.2. The molecule has 0 radical (unpaired) electrons. The van der Waals surface area contributed by atoms with Crippen LogP contribution in [-0.4, -0.2) is 88.4 Å². The Morgan fingerprint density at radius 3 is 2.43 bits per heavy atom. The first-order chi connectivity index (χ1) is 28.4. The van der Waals surface area contributed by atoms with Gasteiger partial charge in [0.2, 0.25) is 5.88 Å². The number of esters is 1. The lowest BCUT2D eigenvalue weighted by Gasteiger charge is -2.72. The number of carbonyl (C=O) groups is 2. The molecule has 4 saturated carbocycles. The Morgan fingerprint density at radius 1 is 0.983 bits per heavy atom. The van der Waals surface area contributed by atoms with Gasteiger partial charge in [-0.15, -0.1) is 0 Å². The molecule has 0 unspecified atom stereocenters. The molecular weight excluding hydrogens is 771 g/mol. The summed E-state index contributed by atoms with van der Waals surface area (Å²) < 4.78 is 22.9. The van der Waals surface area contributed by atoms with Crippen molar-refractivity contribution >= 4 is 23.1 Å². The summed E-state index contributed by atoms with van der Waals surface area (Å²) in [6.45, 7) is 23.9. The van der Waals surface area contributed by atoms with Gasteiger partial charge in [-0.25, -0.2) is 9.78 Å². The molecule has 1 aromatic heterocycles. The Bertz CT molecular complexity index is 1910. The number of pyridine rings is 1. The Kier molecular flexibility index (Phi) is 11.8. The van der Waals surface area contributed by atoms with Gasteiger partial charge in [0.15, 0.2) is 0 Å². The molecule has 0 aromatic carbocycles. The van der Waals surface area contributed by atoms with E-state index in [-0.39, 0.29) is 45.2 Å². The molecule has 8 rings (SSSR count). The highest BCUT2D eigenvalue weighted by atomic mass is 32.2. The predicted octanol–water partition coefficient (Wildman–Crippen LogP) is 9.03. The van der Waals surface area contributed by atoms with Gasteiger partial charge in [0, 0.05) is 37.9 Å². The first-order valence-electron chi connectivity index (χ1n) is 23.2. The molecule has 1 aromatic rings. The average Bonchev–Trinajstić information content (AvgIpc) is 3.61. The fourth-order valence-corrected chi connectivity index (χ4v) is 16.6. The molecule has 330 valence electrons. The average molecular weight is 844 g/mol. The minimum Gasteiger partial charge on any atom is -0.616 e. The summed E-state index contributed by atoms with van der Waals surface area (Å²) in [6, 6.07) is 3.23. The minimum absolute atomic E-state index is 0.0352. The number of hydrogen-bond donors (Lipinski definition) is 2. The first-order valence-corrected chi connectivity index (χ1v) is 24.7. The van der Waals surface area contributed by atoms with Crippen LogP contribution in [0.4, 0.5) is 0 Å². The third kappa shape index (κ3) is 7.04. The van der Waals surface area contributed by atoms with Crippen molar-refractivity contribution in [2.45, 2.75) is 124 Å². The molecule has 6 aliphatic carbocycles. The lowest BCUT2D eigenvalue weighted by molar-refractivity contribution is -0.221. The number of aliphatic carboxylic acids is 1. The van der Waals surface area contributed by atoms with E-state index < -0.39 is 28.5 Å². The van der Waals surface area contributed by atoms with Gasteiger partial charge in [-0.05, 0) is 159 Å². The third-order valence-electron chi connectivity index (χ3n) is 18.9. The molecule has 5 fully saturated rings. The molecule has 10 heteroatoms. The highest BCUT2D eigenvalue weighted by molar-refractivity contribution is 7.91. The zero-order valence-electron chi connectivity index (χ0n) is 37.7. The number of allylic oxidation sites excluding steroid dienone is 5. The van der Waals surface area contributed by atoms with Gasteiger partial charge in [0.25, 0.3) is 0 Å². The van der Waals surface area contributed by atoms with Crippen molar-refractivity contribution in [3.63, 3.8) is 0 Å². The predicted molar refractivity (Wildman–Crippen MR) is 238 cm³/mol. The molecule has 0 bridgehead atoms. The summed E-state index contributed by atoms with van der Waals surface area (Å²) in [5.41, 5.74) is 4.06. The van der Waals surface area contributed by atoms with Gasteiger partial charge in [-0.3, -0.25) is 9.69 Å². The maximum Gasteiger partial charge on any atom is 0.343 e. The van der Waals surface area contributed by atoms with E-state index in [2.05, 4.69) is 75.5 Å². The van der Waals surface area contributed by atoms with Crippen molar-refractivity contribution in [2.24, 2.45) is 56.7 Å². The standard InChI is InChI=1S/C50H73N3O6S/c1-33(2)35-15-22-50(52-26-27-53-28-30-60(57)31-29-53)24-23-47(6)38(41(35)50)11-12-40-46(5)18-16-37(45(3,4)39(46)17-19-48(40,47)7)34-13-20-49(21-14-34,44(55)56)32-59-42-36(43(54)58-8)10-9-25-51-42/h9-10,13,16,25,35,38-41,52H,1,11-12,14-15,17-24,26-32H2,2-8H3,(H,55,56)/t35-,38+,39-,40+,41+,46-,47+,48+,49-,50-/m0/s1. The van der Waals surface area contributed by atoms with E-state index >= 15 is 0 Å². The second-order valence-corrected chi connectivity index (χ2v) is 23.4. The fraction of sp³-hybridized carbons (Fsp3) is 0.740. The number of carbonyl (C=O) groups excluding carboxylic acids is 1. The van der Waals surface area contributed by atoms with E-state index in [9.17, 15) is 19.2 Å². The van der Waals surface area contributed by atoms with Crippen molar-refractivity contribution in [3.05, 3.63) is 59.3 Å². The zero-order chi connectivity index (χ0) is 42.9. The van der Waals surface area contributed by atoms with Crippen LogP contribution in [-0.2, 0) is 20.7 Å². The summed E-state index contributed by atoms with van der Waals surface area (Å²) in [5, 5.41) is 14.8. The molecule has 0 spiro atoms. The van der Waals surface area contributed by atoms with Crippen LogP contribution in [0.15, 0.2) is 53.8 Å². The highest BCUT2D eigenvalue weighted by Crippen LogP contribution is 2.76. The number of methoxy groups -OCH3 is 1. The Balaban J connectivity index is 1.00. The largest absolute Gasteiger partial charge is 0.616 e. The van der Waals surface area contributed by atoms with E-state index in [0.29, 0.717) is 48.9 Å². The number of rotatable bonds is 11. The van der Waals surface area contributed by atoms with Crippen molar-refractivity contribution in [1.29, 1.82) is 0 Å². The van der Waals surface area contributed by atoms with Crippen molar-refractivity contribution in [3.8, 4) is 5.88 Å². The molecular formula is C50H73N3O6S.